The van der Waals surface area contributed by atoms with E-state index in [-0.39, 0.29) is 17.5 Å². The van der Waals surface area contributed by atoms with Gasteiger partial charge in [0.25, 0.3) is 0 Å². The summed E-state index contributed by atoms with van der Waals surface area (Å²) in [6.45, 7) is 14.0. The minimum absolute atomic E-state index is 0.0866. The molecule has 0 spiro atoms. The zero-order valence-electron chi connectivity index (χ0n) is 18.4. The number of hydrogen-bond acceptors (Lipinski definition) is 5. The molecule has 1 fully saturated rings. The Morgan fingerprint density at radius 2 is 2.04 bits per heavy atom. The molecule has 1 radical (unpaired) electrons. The quantitative estimate of drug-likeness (QED) is 0.462. The summed E-state index contributed by atoms with van der Waals surface area (Å²) in [4.78, 5) is 12.4. The molecule has 1 aromatic rings. The molecule has 0 amide bonds. The second kappa shape index (κ2) is 9.42. The Morgan fingerprint density at radius 3 is 2.54 bits per heavy atom. The van der Waals surface area contributed by atoms with Gasteiger partial charge in [-0.25, -0.2) is 4.79 Å². The van der Waals surface area contributed by atoms with Gasteiger partial charge in [0.15, 0.2) is 5.60 Å². The molecule has 2 atom stereocenters. The van der Waals surface area contributed by atoms with Crippen molar-refractivity contribution in [3.8, 4) is 5.75 Å². The lowest BCUT2D eigenvalue weighted by molar-refractivity contribution is -0.163. The second-order valence-electron chi connectivity index (χ2n) is 8.69. The summed E-state index contributed by atoms with van der Waals surface area (Å²) in [7, 11) is 0.510. The second-order valence-corrected chi connectivity index (χ2v) is 10.7. The highest BCUT2D eigenvalue weighted by Crippen LogP contribution is 2.42. The van der Waals surface area contributed by atoms with Crippen LogP contribution in [0.1, 0.15) is 57.8 Å². The van der Waals surface area contributed by atoms with Gasteiger partial charge in [-0.05, 0) is 56.0 Å². The minimum Gasteiger partial charge on any atom is -0.493 e. The average Bonchev–Trinajstić information content (AvgIpc) is 3.09. The van der Waals surface area contributed by atoms with Crippen LogP contribution in [-0.2, 0) is 25.1 Å². The SMILES string of the molecule is CCOc1ccc(CC2(C(=O)OC)CCCO2)cc1C(O[Si](C)C)C(C)(C)C. The number of carbonyl (C=O) groups excluding carboxylic acids is 1. The molecule has 0 aromatic heterocycles. The van der Waals surface area contributed by atoms with E-state index in [1.54, 1.807) is 0 Å². The smallest absolute Gasteiger partial charge is 0.338 e. The molecule has 1 aromatic carbocycles. The monoisotopic (exact) mass is 407 g/mol. The number of carbonyl (C=O) groups is 1. The van der Waals surface area contributed by atoms with Crippen molar-refractivity contribution >= 4 is 15.0 Å². The highest BCUT2D eigenvalue weighted by atomic mass is 28.3. The molecule has 0 aliphatic carbocycles. The van der Waals surface area contributed by atoms with Crippen LogP contribution in [-0.4, -0.2) is 40.9 Å². The van der Waals surface area contributed by atoms with Crippen LogP contribution in [0.3, 0.4) is 0 Å². The Balaban J connectivity index is 2.45. The van der Waals surface area contributed by atoms with Crippen LogP contribution in [0.25, 0.3) is 0 Å². The molecule has 0 N–H and O–H groups in total. The maximum absolute atomic E-state index is 12.4. The molecule has 6 heteroatoms. The highest BCUT2D eigenvalue weighted by molar-refractivity contribution is 6.48. The first kappa shape index (κ1) is 22.9. The largest absolute Gasteiger partial charge is 0.493 e. The molecular weight excluding hydrogens is 372 g/mol. The van der Waals surface area contributed by atoms with Crippen LogP contribution in [0, 0.1) is 5.41 Å². The first-order chi connectivity index (χ1) is 13.1. The first-order valence-electron chi connectivity index (χ1n) is 10.1. The molecule has 1 aliphatic heterocycles. The van der Waals surface area contributed by atoms with Gasteiger partial charge in [0.2, 0.25) is 9.04 Å². The molecular formula is C22H35O5Si. The van der Waals surface area contributed by atoms with Gasteiger partial charge >= 0.3 is 5.97 Å². The standard InChI is InChI=1S/C22H35O5Si/c1-8-25-18-11-10-16(15-22(20(23)24-5)12-9-13-26-22)14-17(18)19(21(2,3)4)27-28(6)7/h10-11,14,19H,8-9,12-13,15H2,1-7H3. The fourth-order valence-corrected chi connectivity index (χ4v) is 4.68. The summed E-state index contributed by atoms with van der Waals surface area (Å²) < 4.78 is 23.2. The third-order valence-corrected chi connectivity index (χ3v) is 5.65. The summed E-state index contributed by atoms with van der Waals surface area (Å²) in [5.41, 5.74) is 1.10. The first-order valence-corrected chi connectivity index (χ1v) is 12.5. The fourth-order valence-electron chi connectivity index (χ4n) is 3.73. The molecule has 0 saturated carbocycles. The molecule has 0 bridgehead atoms. The molecule has 28 heavy (non-hydrogen) atoms. The zero-order valence-corrected chi connectivity index (χ0v) is 19.4. The molecule has 157 valence electrons. The molecule has 5 nitrogen and oxygen atoms in total. The topological polar surface area (TPSA) is 54.0 Å². The maximum Gasteiger partial charge on any atom is 0.338 e. The van der Waals surface area contributed by atoms with Gasteiger partial charge in [-0.15, -0.1) is 0 Å². The number of esters is 1. The third kappa shape index (κ3) is 5.36. The van der Waals surface area contributed by atoms with Crippen LogP contribution < -0.4 is 4.74 Å². The van der Waals surface area contributed by atoms with E-state index in [0.717, 1.165) is 23.3 Å². The summed E-state index contributed by atoms with van der Waals surface area (Å²) >= 11 is 0. The highest BCUT2D eigenvalue weighted by Gasteiger charge is 2.44. The van der Waals surface area contributed by atoms with Crippen LogP contribution in [0.15, 0.2) is 18.2 Å². The Labute approximate surface area is 171 Å². The van der Waals surface area contributed by atoms with Crippen LogP contribution >= 0.6 is 0 Å². The minimum atomic E-state index is -0.912. The Bertz CT molecular complexity index is 659. The summed E-state index contributed by atoms with van der Waals surface area (Å²) in [5, 5.41) is 0. The lowest BCUT2D eigenvalue weighted by atomic mass is 9.83. The predicted octanol–water partition coefficient (Wildman–Crippen LogP) is 4.70. The van der Waals surface area contributed by atoms with Gasteiger partial charge in [-0.2, -0.15) is 0 Å². The predicted molar refractivity (Wildman–Crippen MR) is 112 cm³/mol. The van der Waals surface area contributed by atoms with Gasteiger partial charge < -0.3 is 18.6 Å². The maximum atomic E-state index is 12.4. The van der Waals surface area contributed by atoms with Crippen molar-refractivity contribution in [1.29, 1.82) is 0 Å². The van der Waals surface area contributed by atoms with E-state index < -0.39 is 14.6 Å². The van der Waals surface area contributed by atoms with Crippen molar-refractivity contribution in [2.45, 2.75) is 71.8 Å². The molecule has 1 aliphatic rings. The van der Waals surface area contributed by atoms with Crippen LogP contribution in [0.2, 0.25) is 13.1 Å². The number of benzene rings is 1. The lowest BCUT2D eigenvalue weighted by Crippen LogP contribution is -2.41. The van der Waals surface area contributed by atoms with Gasteiger partial charge in [0.05, 0.1) is 19.8 Å². The van der Waals surface area contributed by atoms with Gasteiger partial charge in [-0.3, -0.25) is 0 Å². The van der Waals surface area contributed by atoms with E-state index in [1.807, 2.05) is 19.1 Å². The molecule has 2 unspecified atom stereocenters. The fraction of sp³-hybridized carbons (Fsp3) is 0.682. The summed E-state index contributed by atoms with van der Waals surface area (Å²) in [5.74, 6) is 0.547. The number of ether oxygens (including phenoxy) is 3. The third-order valence-electron chi connectivity index (χ3n) is 4.95. The van der Waals surface area contributed by atoms with Gasteiger partial charge in [-0.1, -0.05) is 26.8 Å². The van der Waals surface area contributed by atoms with Gasteiger partial charge in [0, 0.05) is 18.6 Å². The van der Waals surface area contributed by atoms with Crippen molar-refractivity contribution < 1.29 is 23.4 Å². The van der Waals surface area contributed by atoms with Crippen molar-refractivity contribution in [1.82, 2.24) is 0 Å². The molecule has 1 saturated heterocycles. The van der Waals surface area contributed by atoms with E-state index in [0.29, 0.717) is 26.1 Å². The van der Waals surface area contributed by atoms with E-state index in [1.165, 1.54) is 7.11 Å². The van der Waals surface area contributed by atoms with E-state index >= 15 is 0 Å². The Kier molecular flexibility index (Phi) is 7.71. The van der Waals surface area contributed by atoms with Crippen molar-refractivity contribution in [2.75, 3.05) is 20.3 Å². The Hall–Kier alpha value is -1.37. The van der Waals surface area contributed by atoms with Crippen LogP contribution in [0.5, 0.6) is 5.75 Å². The van der Waals surface area contributed by atoms with Crippen molar-refractivity contribution in [3.05, 3.63) is 29.3 Å². The van der Waals surface area contributed by atoms with E-state index in [2.05, 4.69) is 39.9 Å². The lowest BCUT2D eigenvalue weighted by Gasteiger charge is -2.34. The zero-order chi connectivity index (χ0) is 20.9. The molecule has 1 heterocycles. The number of rotatable bonds is 8. The number of hydrogen-bond donors (Lipinski definition) is 0. The van der Waals surface area contributed by atoms with E-state index in [9.17, 15) is 4.79 Å². The molecule has 2 rings (SSSR count). The summed E-state index contributed by atoms with van der Waals surface area (Å²) in [6, 6.07) is 6.14. The van der Waals surface area contributed by atoms with Gasteiger partial charge in [0.1, 0.15) is 5.75 Å². The Morgan fingerprint density at radius 1 is 1.32 bits per heavy atom. The van der Waals surface area contributed by atoms with E-state index in [4.69, 9.17) is 18.6 Å². The van der Waals surface area contributed by atoms with Crippen molar-refractivity contribution in [3.63, 3.8) is 0 Å². The normalized spacial score (nSPS) is 21.0. The van der Waals surface area contributed by atoms with Crippen molar-refractivity contribution in [2.24, 2.45) is 5.41 Å². The average molecular weight is 408 g/mol. The number of methoxy groups -OCH3 is 1. The van der Waals surface area contributed by atoms with Crippen LogP contribution in [0.4, 0.5) is 0 Å². The summed E-state index contributed by atoms with van der Waals surface area (Å²) in [6.07, 6.45) is 1.95.